The Bertz CT molecular complexity index is 978. The molecule has 0 aliphatic carbocycles. The van der Waals surface area contributed by atoms with Gasteiger partial charge in [-0.05, 0) is 31.1 Å². The van der Waals surface area contributed by atoms with Gasteiger partial charge in [0.15, 0.2) is 6.10 Å². The second-order valence-corrected chi connectivity index (χ2v) is 20.9. The second kappa shape index (κ2) is 50.8. The molecule has 6 heteroatoms. The highest BCUT2D eigenvalue weighted by Gasteiger charge is 2.19. The summed E-state index contributed by atoms with van der Waals surface area (Å²) >= 11 is 0. The largest absolute Gasteiger partial charge is 0.462 e. The summed E-state index contributed by atoms with van der Waals surface area (Å²) in [5.41, 5.74) is 0. The lowest BCUT2D eigenvalue weighted by Crippen LogP contribution is -2.30. The van der Waals surface area contributed by atoms with Gasteiger partial charge in [0, 0.05) is 19.3 Å². The molecule has 0 saturated carbocycles. The van der Waals surface area contributed by atoms with Crippen LogP contribution in [-0.4, -0.2) is 37.2 Å². The van der Waals surface area contributed by atoms with Crippen LogP contribution in [-0.2, 0) is 28.6 Å². The molecule has 0 aliphatic rings. The van der Waals surface area contributed by atoms with Gasteiger partial charge in [0.05, 0.1) is 0 Å². The lowest BCUT2D eigenvalue weighted by Gasteiger charge is -2.18. The summed E-state index contributed by atoms with van der Waals surface area (Å²) in [5.74, 6) is 0.797. The summed E-state index contributed by atoms with van der Waals surface area (Å²) in [4.78, 5) is 38.1. The standard InChI is InChI=1S/C58H112O6/c1-6-7-8-9-10-11-12-13-14-15-16-17-18-19-23-28-33-38-43-48-56(59)62-51-55(64-58(61)50-45-40-35-30-25-27-32-37-42-47-54(4)5)52-63-57(60)49-44-39-34-29-24-21-20-22-26-31-36-41-46-53(2)3/h53-55H,6-52H2,1-5H3/t55-/m1/s1. The van der Waals surface area contributed by atoms with Gasteiger partial charge < -0.3 is 14.2 Å². The minimum Gasteiger partial charge on any atom is -0.462 e. The molecule has 6 nitrogen and oxygen atoms in total. The number of esters is 3. The Kier molecular flexibility index (Phi) is 49.6. The molecule has 380 valence electrons. The molecular weight excluding hydrogens is 793 g/mol. The third-order valence-corrected chi connectivity index (χ3v) is 13.2. The fourth-order valence-electron chi connectivity index (χ4n) is 8.87. The summed E-state index contributed by atoms with van der Waals surface area (Å²) in [7, 11) is 0. The molecule has 0 unspecified atom stereocenters. The summed E-state index contributed by atoms with van der Waals surface area (Å²) < 4.78 is 16.9. The van der Waals surface area contributed by atoms with Gasteiger partial charge >= 0.3 is 17.9 Å². The van der Waals surface area contributed by atoms with Crippen LogP contribution in [0, 0.1) is 11.8 Å². The van der Waals surface area contributed by atoms with Crippen molar-refractivity contribution < 1.29 is 28.6 Å². The number of unbranched alkanes of at least 4 members (excludes halogenated alkanes) is 37. The number of ether oxygens (including phenoxy) is 3. The van der Waals surface area contributed by atoms with E-state index >= 15 is 0 Å². The second-order valence-electron chi connectivity index (χ2n) is 20.9. The Labute approximate surface area is 399 Å². The van der Waals surface area contributed by atoms with Crippen molar-refractivity contribution in [1.82, 2.24) is 0 Å². The fraction of sp³-hybridized carbons (Fsp3) is 0.948. The SMILES string of the molecule is CCCCCCCCCCCCCCCCCCCCCC(=O)OC[C@H](COC(=O)CCCCCCCCCCCCCCC(C)C)OC(=O)CCCCCCCCCCCC(C)C. The molecular formula is C58H112O6. The van der Waals surface area contributed by atoms with E-state index < -0.39 is 6.10 Å². The van der Waals surface area contributed by atoms with E-state index in [0.717, 1.165) is 69.6 Å². The molecule has 0 rings (SSSR count). The Morgan fingerprint density at radius 2 is 0.516 bits per heavy atom. The van der Waals surface area contributed by atoms with Crippen LogP contribution in [0.15, 0.2) is 0 Å². The zero-order valence-electron chi connectivity index (χ0n) is 43.9. The van der Waals surface area contributed by atoms with Crippen LogP contribution in [0.25, 0.3) is 0 Å². The summed E-state index contributed by atoms with van der Waals surface area (Å²) in [6.45, 7) is 11.4. The number of carbonyl (C=O) groups is 3. The van der Waals surface area contributed by atoms with Crippen LogP contribution < -0.4 is 0 Å². The topological polar surface area (TPSA) is 78.9 Å². The maximum absolute atomic E-state index is 12.8. The van der Waals surface area contributed by atoms with Crippen molar-refractivity contribution in [1.29, 1.82) is 0 Å². The number of hydrogen-bond acceptors (Lipinski definition) is 6. The van der Waals surface area contributed by atoms with Crippen molar-refractivity contribution in [3.05, 3.63) is 0 Å². The first-order chi connectivity index (χ1) is 31.2. The van der Waals surface area contributed by atoms with Crippen LogP contribution in [0.1, 0.15) is 324 Å². The van der Waals surface area contributed by atoms with Gasteiger partial charge in [-0.2, -0.15) is 0 Å². The van der Waals surface area contributed by atoms with E-state index in [0.29, 0.717) is 19.3 Å². The molecule has 0 aliphatic heterocycles. The van der Waals surface area contributed by atoms with Crippen LogP contribution in [0.3, 0.4) is 0 Å². The fourth-order valence-corrected chi connectivity index (χ4v) is 8.87. The lowest BCUT2D eigenvalue weighted by atomic mass is 10.0. The maximum atomic E-state index is 12.8. The highest BCUT2D eigenvalue weighted by atomic mass is 16.6. The average molecular weight is 906 g/mol. The maximum Gasteiger partial charge on any atom is 0.306 e. The molecule has 0 amide bonds. The summed E-state index contributed by atoms with van der Waals surface area (Å²) in [6, 6.07) is 0. The highest BCUT2D eigenvalue weighted by molar-refractivity contribution is 5.71. The van der Waals surface area contributed by atoms with Gasteiger partial charge in [0.1, 0.15) is 13.2 Å². The zero-order valence-corrected chi connectivity index (χ0v) is 43.9. The van der Waals surface area contributed by atoms with Gasteiger partial charge in [-0.1, -0.05) is 285 Å². The van der Waals surface area contributed by atoms with E-state index in [-0.39, 0.29) is 31.1 Å². The van der Waals surface area contributed by atoms with Crippen molar-refractivity contribution in [2.75, 3.05) is 13.2 Å². The van der Waals surface area contributed by atoms with E-state index in [1.165, 1.54) is 212 Å². The Morgan fingerprint density at radius 3 is 0.766 bits per heavy atom. The third kappa shape index (κ3) is 51.4. The molecule has 0 N–H and O–H groups in total. The molecule has 64 heavy (non-hydrogen) atoms. The van der Waals surface area contributed by atoms with E-state index in [2.05, 4.69) is 34.6 Å². The smallest absolute Gasteiger partial charge is 0.306 e. The van der Waals surface area contributed by atoms with E-state index in [9.17, 15) is 14.4 Å². The van der Waals surface area contributed by atoms with Crippen molar-refractivity contribution in [2.24, 2.45) is 11.8 Å². The van der Waals surface area contributed by atoms with Gasteiger partial charge in [0.2, 0.25) is 0 Å². The van der Waals surface area contributed by atoms with Crippen LogP contribution in [0.4, 0.5) is 0 Å². The number of hydrogen-bond donors (Lipinski definition) is 0. The Morgan fingerprint density at radius 1 is 0.297 bits per heavy atom. The molecule has 0 bridgehead atoms. The number of carbonyl (C=O) groups excluding carboxylic acids is 3. The molecule has 0 fully saturated rings. The molecule has 0 aromatic carbocycles. The first-order valence-corrected chi connectivity index (χ1v) is 28.7. The van der Waals surface area contributed by atoms with Crippen molar-refractivity contribution in [3.63, 3.8) is 0 Å². The van der Waals surface area contributed by atoms with Crippen LogP contribution in [0.2, 0.25) is 0 Å². The predicted octanol–water partition coefficient (Wildman–Crippen LogP) is 18.9. The monoisotopic (exact) mass is 905 g/mol. The first-order valence-electron chi connectivity index (χ1n) is 28.7. The minimum absolute atomic E-state index is 0.0632. The van der Waals surface area contributed by atoms with Gasteiger partial charge in [-0.3, -0.25) is 14.4 Å². The van der Waals surface area contributed by atoms with E-state index in [4.69, 9.17) is 14.2 Å². The molecule has 0 spiro atoms. The van der Waals surface area contributed by atoms with Crippen molar-refractivity contribution >= 4 is 17.9 Å². The van der Waals surface area contributed by atoms with E-state index in [1.807, 2.05) is 0 Å². The van der Waals surface area contributed by atoms with E-state index in [1.54, 1.807) is 0 Å². The molecule has 0 heterocycles. The van der Waals surface area contributed by atoms with Gasteiger partial charge in [-0.15, -0.1) is 0 Å². The Balaban J connectivity index is 4.25. The summed E-state index contributed by atoms with van der Waals surface area (Å²) in [6.07, 6.45) is 53.9. The van der Waals surface area contributed by atoms with Crippen LogP contribution in [0.5, 0.6) is 0 Å². The average Bonchev–Trinajstić information content (AvgIpc) is 3.27. The number of rotatable bonds is 52. The first kappa shape index (κ1) is 62.4. The minimum atomic E-state index is -0.763. The molecule has 0 radical (unpaired) electrons. The zero-order chi connectivity index (χ0) is 46.8. The van der Waals surface area contributed by atoms with Crippen molar-refractivity contribution in [2.45, 2.75) is 330 Å². The van der Waals surface area contributed by atoms with Gasteiger partial charge in [0.25, 0.3) is 0 Å². The molecule has 0 saturated heterocycles. The molecule has 0 aromatic heterocycles. The predicted molar refractivity (Wildman–Crippen MR) is 275 cm³/mol. The highest BCUT2D eigenvalue weighted by Crippen LogP contribution is 2.18. The lowest BCUT2D eigenvalue weighted by molar-refractivity contribution is -0.167. The molecule has 1 atom stereocenters. The van der Waals surface area contributed by atoms with Crippen LogP contribution >= 0.6 is 0 Å². The normalized spacial score (nSPS) is 12.0. The molecule has 0 aromatic rings. The van der Waals surface area contributed by atoms with Gasteiger partial charge in [-0.25, -0.2) is 0 Å². The van der Waals surface area contributed by atoms with Crippen molar-refractivity contribution in [3.8, 4) is 0 Å². The quantitative estimate of drug-likeness (QED) is 0.0344. The Hall–Kier alpha value is -1.59. The summed E-state index contributed by atoms with van der Waals surface area (Å²) in [5, 5.41) is 0. The third-order valence-electron chi connectivity index (χ3n) is 13.2.